The Morgan fingerprint density at radius 2 is 1.57 bits per heavy atom. The van der Waals surface area contributed by atoms with Crippen molar-refractivity contribution in [1.82, 2.24) is 0 Å². The topological polar surface area (TPSA) is 76.0 Å². The van der Waals surface area contributed by atoms with Crippen LogP contribution in [0, 0.1) is 0 Å². The summed E-state index contributed by atoms with van der Waals surface area (Å²) in [4.78, 5) is 12.9. The molecule has 3 aromatic carbocycles. The largest absolute Gasteiger partial charge is 0.379 e. The van der Waals surface area contributed by atoms with E-state index in [0.717, 1.165) is 0 Å². The van der Waals surface area contributed by atoms with E-state index in [2.05, 4.69) is 5.10 Å². The number of hydrogen-bond donors (Lipinski definition) is 0. The Morgan fingerprint density at radius 1 is 0.900 bits per heavy atom. The summed E-state index contributed by atoms with van der Waals surface area (Å²) in [6.45, 7) is 1.76. The maximum absolute atomic E-state index is 12.8. The monoisotopic (exact) mass is 418 g/mol. The fourth-order valence-electron chi connectivity index (χ4n) is 3.01. The third-order valence-electron chi connectivity index (χ3n) is 4.47. The van der Waals surface area contributed by atoms with Gasteiger partial charge >= 0.3 is 10.1 Å². The summed E-state index contributed by atoms with van der Waals surface area (Å²) in [5.41, 5.74) is 2.31. The molecule has 0 radical (unpaired) electrons. The van der Waals surface area contributed by atoms with Crippen molar-refractivity contribution in [1.29, 1.82) is 0 Å². The molecule has 4 rings (SSSR count). The molecule has 1 aliphatic heterocycles. The van der Waals surface area contributed by atoms with Gasteiger partial charge in [-0.2, -0.15) is 18.5 Å². The molecule has 1 aliphatic rings. The van der Waals surface area contributed by atoms with Crippen molar-refractivity contribution >= 4 is 33.5 Å². The molecule has 0 aromatic heterocycles. The lowest BCUT2D eigenvalue weighted by Gasteiger charge is -2.11. The lowest BCUT2D eigenvalue weighted by molar-refractivity contribution is -0.114. The molecule has 0 saturated carbocycles. The zero-order chi connectivity index (χ0) is 21.1. The summed E-state index contributed by atoms with van der Waals surface area (Å²) in [6, 6.07) is 23.6. The van der Waals surface area contributed by atoms with Gasteiger partial charge < -0.3 is 4.18 Å². The highest BCUT2D eigenvalue weighted by molar-refractivity contribution is 7.87. The number of hydrogen-bond acceptors (Lipinski definition) is 5. The lowest BCUT2D eigenvalue weighted by atomic mass is 10.1. The highest BCUT2D eigenvalue weighted by Crippen LogP contribution is 2.26. The second kappa shape index (κ2) is 7.96. The first-order valence-electron chi connectivity index (χ1n) is 9.20. The Balaban J connectivity index is 1.60. The van der Waals surface area contributed by atoms with Crippen molar-refractivity contribution in [3.63, 3.8) is 0 Å². The quantitative estimate of drug-likeness (QED) is 0.458. The molecule has 6 nitrogen and oxygen atoms in total. The number of para-hydroxylation sites is 1. The Bertz CT molecular complexity index is 1250. The average molecular weight is 418 g/mol. The van der Waals surface area contributed by atoms with E-state index in [-0.39, 0.29) is 16.6 Å². The predicted molar refractivity (Wildman–Crippen MR) is 116 cm³/mol. The molecule has 0 unspecified atom stereocenters. The zero-order valence-electron chi connectivity index (χ0n) is 16.1. The van der Waals surface area contributed by atoms with Gasteiger partial charge in [-0.05, 0) is 55.0 Å². The fourth-order valence-corrected chi connectivity index (χ4v) is 3.96. The molecule has 0 saturated heterocycles. The normalized spacial score (nSPS) is 15.4. The maximum Gasteiger partial charge on any atom is 0.339 e. The van der Waals surface area contributed by atoms with Crippen molar-refractivity contribution in [3.05, 3.63) is 96.1 Å². The molecule has 0 aliphatic carbocycles. The summed E-state index contributed by atoms with van der Waals surface area (Å²) in [6.07, 6.45) is 1.67. The molecule has 0 N–H and O–H groups in total. The van der Waals surface area contributed by atoms with Gasteiger partial charge in [0.05, 0.1) is 17.0 Å². The van der Waals surface area contributed by atoms with E-state index in [1.54, 1.807) is 67.6 Å². The third-order valence-corrected chi connectivity index (χ3v) is 5.73. The van der Waals surface area contributed by atoms with Crippen LogP contribution in [0.3, 0.4) is 0 Å². The summed E-state index contributed by atoms with van der Waals surface area (Å²) >= 11 is 0. The Morgan fingerprint density at radius 3 is 2.27 bits per heavy atom. The molecule has 3 aromatic rings. The van der Waals surface area contributed by atoms with Gasteiger partial charge in [0.2, 0.25) is 0 Å². The minimum absolute atomic E-state index is 0.0706. The molecular weight excluding hydrogens is 400 g/mol. The molecule has 150 valence electrons. The number of nitrogens with zero attached hydrogens (tertiary/aromatic N) is 2. The number of anilines is 1. The van der Waals surface area contributed by atoms with Crippen LogP contribution >= 0.6 is 0 Å². The molecule has 30 heavy (non-hydrogen) atoms. The van der Waals surface area contributed by atoms with Crippen LogP contribution in [0.1, 0.15) is 12.5 Å². The Hall–Kier alpha value is -3.71. The number of benzene rings is 3. The van der Waals surface area contributed by atoms with Gasteiger partial charge in [-0.15, -0.1) is 0 Å². The fraction of sp³-hybridized carbons (Fsp3) is 0.0435. The summed E-state index contributed by atoms with van der Waals surface area (Å²) in [5.74, 6) is -0.0879. The first-order chi connectivity index (χ1) is 14.4. The Kier molecular flexibility index (Phi) is 5.20. The van der Waals surface area contributed by atoms with Crippen LogP contribution in [-0.4, -0.2) is 20.0 Å². The number of hydrazone groups is 1. The van der Waals surface area contributed by atoms with Gasteiger partial charge in [-0.25, -0.2) is 0 Å². The van der Waals surface area contributed by atoms with Crippen LogP contribution < -0.4 is 9.19 Å². The van der Waals surface area contributed by atoms with E-state index in [1.807, 2.05) is 18.2 Å². The SMILES string of the molecule is CC1=NN(c2ccccc2)C(=O)/C1=C/c1cccc(OS(=O)(=O)c2ccccc2)c1. The zero-order valence-corrected chi connectivity index (χ0v) is 16.9. The number of rotatable bonds is 5. The van der Waals surface area contributed by atoms with E-state index >= 15 is 0 Å². The smallest absolute Gasteiger partial charge is 0.339 e. The molecular formula is C23H18N2O4S. The summed E-state index contributed by atoms with van der Waals surface area (Å²) < 4.78 is 30.1. The standard InChI is InChI=1S/C23H18N2O4S/c1-17-22(23(26)25(24-17)19-10-4-2-5-11-19)16-18-9-8-12-20(15-18)29-30(27,28)21-13-6-3-7-14-21/h2-16H,1H3/b22-16+. The number of carbonyl (C=O) groups is 1. The van der Waals surface area contributed by atoms with Crippen LogP contribution in [0.5, 0.6) is 5.75 Å². The molecule has 7 heteroatoms. The molecule has 0 fully saturated rings. The molecule has 0 spiro atoms. The first-order valence-corrected chi connectivity index (χ1v) is 10.6. The van der Waals surface area contributed by atoms with E-state index in [1.165, 1.54) is 17.1 Å². The van der Waals surface area contributed by atoms with Crippen LogP contribution in [0.15, 0.2) is 100 Å². The van der Waals surface area contributed by atoms with E-state index in [0.29, 0.717) is 22.5 Å². The minimum atomic E-state index is -3.94. The minimum Gasteiger partial charge on any atom is -0.379 e. The highest BCUT2D eigenvalue weighted by atomic mass is 32.2. The van der Waals surface area contributed by atoms with E-state index < -0.39 is 10.1 Å². The maximum atomic E-state index is 12.8. The highest BCUT2D eigenvalue weighted by Gasteiger charge is 2.28. The van der Waals surface area contributed by atoms with Crippen LogP contribution in [0.4, 0.5) is 5.69 Å². The number of amides is 1. The van der Waals surface area contributed by atoms with E-state index in [9.17, 15) is 13.2 Å². The molecule has 1 amide bonds. The van der Waals surface area contributed by atoms with Crippen molar-refractivity contribution in [2.24, 2.45) is 5.10 Å². The molecule has 0 atom stereocenters. The first kappa shape index (κ1) is 19.6. The second-order valence-corrected chi connectivity index (χ2v) is 8.17. The second-order valence-electron chi connectivity index (χ2n) is 6.62. The van der Waals surface area contributed by atoms with Gasteiger partial charge in [-0.1, -0.05) is 48.5 Å². The van der Waals surface area contributed by atoms with Crippen LogP contribution in [-0.2, 0) is 14.9 Å². The van der Waals surface area contributed by atoms with Gasteiger partial charge in [0.25, 0.3) is 5.91 Å². The van der Waals surface area contributed by atoms with Gasteiger partial charge in [-0.3, -0.25) is 4.79 Å². The summed E-state index contributed by atoms with van der Waals surface area (Å²) in [5, 5.41) is 5.69. The van der Waals surface area contributed by atoms with Gasteiger partial charge in [0, 0.05) is 0 Å². The Labute approximate surface area is 174 Å². The number of carbonyl (C=O) groups excluding carboxylic acids is 1. The van der Waals surface area contributed by atoms with E-state index in [4.69, 9.17) is 4.18 Å². The summed E-state index contributed by atoms with van der Waals surface area (Å²) in [7, 11) is -3.94. The van der Waals surface area contributed by atoms with Crippen molar-refractivity contribution in [3.8, 4) is 5.75 Å². The van der Waals surface area contributed by atoms with Crippen molar-refractivity contribution < 1.29 is 17.4 Å². The van der Waals surface area contributed by atoms with Crippen LogP contribution in [0.25, 0.3) is 6.08 Å². The average Bonchev–Trinajstić information content (AvgIpc) is 3.03. The van der Waals surface area contributed by atoms with Gasteiger partial charge in [0.15, 0.2) is 0 Å². The van der Waals surface area contributed by atoms with Crippen molar-refractivity contribution in [2.75, 3.05) is 5.01 Å². The third kappa shape index (κ3) is 4.01. The predicted octanol–water partition coefficient (Wildman–Crippen LogP) is 4.26. The van der Waals surface area contributed by atoms with Gasteiger partial charge in [0.1, 0.15) is 10.6 Å². The molecule has 1 heterocycles. The molecule has 0 bridgehead atoms. The van der Waals surface area contributed by atoms with Crippen molar-refractivity contribution in [2.45, 2.75) is 11.8 Å². The lowest BCUT2D eigenvalue weighted by Crippen LogP contribution is -2.21. The van der Waals surface area contributed by atoms with Crippen LogP contribution in [0.2, 0.25) is 0 Å².